The molecule has 4 rings (SSSR count). The number of benzene rings is 2. The molecule has 2 aliphatic rings. The first kappa shape index (κ1) is 51.8. The maximum atomic E-state index is 14.6. The molecule has 2 aliphatic heterocycles. The van der Waals surface area contributed by atoms with Crippen molar-refractivity contribution >= 4 is 35.5 Å². The summed E-state index contributed by atoms with van der Waals surface area (Å²) in [5, 5.41) is 20.4. The van der Waals surface area contributed by atoms with Crippen molar-refractivity contribution in [3.8, 4) is 11.5 Å². The van der Waals surface area contributed by atoms with E-state index in [-0.39, 0.29) is 73.6 Å². The van der Waals surface area contributed by atoms with Gasteiger partial charge >= 0.3 is 18.0 Å². The standard InChI is InChI=1S/C43H67N4O14PS/c1-10-56-40(49)38(28(5)6)45-62(52,46-39(29(7)8)41(50)57-11-2)26-60-32-14-12-30(13-15-32)22-35(44-43(51)61-37-25-59-42-34(37)20-21-58-42)36(48)24-47(23-27(3)4)63(53,54)33-18-16-31(55-9)17-19-33/h12-19,27-29,34-39,42,48H,10-11,20-26H2,1-9H3,(H,44,51)(H2,45,46,52)/t34-,35-,36+,37-,38-,39?,42+,62?/m0/s1. The summed E-state index contributed by atoms with van der Waals surface area (Å²) in [4.78, 5) is 39.4. The van der Waals surface area contributed by atoms with E-state index in [0.29, 0.717) is 24.3 Å². The lowest BCUT2D eigenvalue weighted by atomic mass is 10.0. The molecule has 2 aromatic carbocycles. The predicted octanol–water partition coefficient (Wildman–Crippen LogP) is 4.69. The summed E-state index contributed by atoms with van der Waals surface area (Å²) in [5.41, 5.74) is 0.623. The van der Waals surface area contributed by atoms with Crippen molar-refractivity contribution in [1.82, 2.24) is 19.8 Å². The molecule has 2 heterocycles. The number of carbonyl (C=O) groups is 3. The minimum absolute atomic E-state index is 0.0152. The van der Waals surface area contributed by atoms with Crippen LogP contribution in [0.4, 0.5) is 4.79 Å². The third-order valence-electron chi connectivity index (χ3n) is 10.6. The molecule has 1 amide bonds. The van der Waals surface area contributed by atoms with Gasteiger partial charge in [0, 0.05) is 13.1 Å². The van der Waals surface area contributed by atoms with Gasteiger partial charge in [0.2, 0.25) is 17.5 Å². The Hall–Kier alpha value is -3.81. The summed E-state index contributed by atoms with van der Waals surface area (Å²) in [7, 11) is -6.53. The van der Waals surface area contributed by atoms with Gasteiger partial charge in [-0.2, -0.15) is 4.31 Å². The van der Waals surface area contributed by atoms with E-state index in [1.807, 2.05) is 13.8 Å². The highest BCUT2D eigenvalue weighted by atomic mass is 32.2. The van der Waals surface area contributed by atoms with Crippen LogP contribution >= 0.6 is 7.44 Å². The van der Waals surface area contributed by atoms with E-state index in [0.717, 1.165) is 0 Å². The van der Waals surface area contributed by atoms with Crippen LogP contribution < -0.4 is 25.0 Å². The summed E-state index contributed by atoms with van der Waals surface area (Å²) < 4.78 is 82.5. The fraction of sp³-hybridized carbons (Fsp3) is 0.651. The minimum Gasteiger partial charge on any atom is -0.497 e. The highest BCUT2D eigenvalue weighted by molar-refractivity contribution is 7.89. The summed E-state index contributed by atoms with van der Waals surface area (Å²) in [6, 6.07) is 9.50. The van der Waals surface area contributed by atoms with Gasteiger partial charge in [0.15, 0.2) is 12.6 Å². The topological polar surface area (TPSA) is 227 Å². The summed E-state index contributed by atoms with van der Waals surface area (Å²) in [6.07, 6.45) is -3.02. The van der Waals surface area contributed by atoms with Gasteiger partial charge in [0.25, 0.3) is 0 Å². The Morgan fingerprint density at radius 2 is 1.43 bits per heavy atom. The van der Waals surface area contributed by atoms with Crippen molar-refractivity contribution in [1.29, 1.82) is 0 Å². The number of carbonyl (C=O) groups excluding carboxylic acids is 3. The van der Waals surface area contributed by atoms with Crippen LogP contribution in [0.5, 0.6) is 11.5 Å². The fourth-order valence-electron chi connectivity index (χ4n) is 7.18. The van der Waals surface area contributed by atoms with Crippen molar-refractivity contribution in [3.05, 3.63) is 54.1 Å². The fourth-order valence-corrected chi connectivity index (χ4v) is 11.1. The number of hydrogen-bond acceptors (Lipinski definition) is 14. The Morgan fingerprint density at radius 3 is 1.95 bits per heavy atom. The number of esters is 2. The number of fused-ring (bicyclic) bond motifs is 1. The van der Waals surface area contributed by atoms with E-state index in [1.54, 1.807) is 77.9 Å². The highest BCUT2D eigenvalue weighted by Gasteiger charge is 2.44. The molecule has 354 valence electrons. The second-order valence-electron chi connectivity index (χ2n) is 16.7. The maximum absolute atomic E-state index is 14.6. The predicted molar refractivity (Wildman–Crippen MR) is 234 cm³/mol. The molecule has 8 atom stereocenters. The number of rotatable bonds is 25. The van der Waals surface area contributed by atoms with Crippen molar-refractivity contribution < 1.29 is 65.6 Å². The van der Waals surface area contributed by atoms with Crippen molar-refractivity contribution in [2.24, 2.45) is 23.7 Å². The van der Waals surface area contributed by atoms with E-state index in [9.17, 15) is 32.5 Å². The molecule has 0 aliphatic carbocycles. The van der Waals surface area contributed by atoms with Gasteiger partial charge in [-0.1, -0.05) is 53.7 Å². The zero-order valence-corrected chi connectivity index (χ0v) is 39.5. The lowest BCUT2D eigenvalue weighted by Crippen LogP contribution is -2.51. The minimum atomic E-state index is -4.10. The first-order valence-electron chi connectivity index (χ1n) is 21.5. The number of aliphatic hydroxyl groups is 1. The number of nitrogens with one attached hydrogen (secondary N) is 3. The molecule has 0 radical (unpaired) electrons. The second-order valence-corrected chi connectivity index (χ2v) is 20.9. The molecule has 2 saturated heterocycles. The largest absolute Gasteiger partial charge is 0.497 e. The van der Waals surface area contributed by atoms with Crippen LogP contribution in [0.25, 0.3) is 0 Å². The van der Waals surface area contributed by atoms with E-state index in [1.165, 1.54) is 23.5 Å². The van der Waals surface area contributed by atoms with Gasteiger partial charge in [-0.05, 0) is 86.4 Å². The average Bonchev–Trinajstić information content (AvgIpc) is 3.86. The maximum Gasteiger partial charge on any atom is 0.407 e. The monoisotopic (exact) mass is 926 g/mol. The Labute approximate surface area is 371 Å². The van der Waals surface area contributed by atoms with Crippen molar-refractivity contribution in [3.63, 3.8) is 0 Å². The Balaban J connectivity index is 1.58. The Bertz CT molecular complexity index is 1900. The quantitative estimate of drug-likeness (QED) is 0.0602. The molecule has 18 nitrogen and oxygen atoms in total. The van der Waals surface area contributed by atoms with Gasteiger partial charge in [-0.25, -0.2) is 23.4 Å². The van der Waals surface area contributed by atoms with E-state index < -0.39 is 78.5 Å². The van der Waals surface area contributed by atoms with E-state index in [2.05, 4.69) is 15.5 Å². The normalized spacial score (nSPS) is 20.4. The highest BCUT2D eigenvalue weighted by Crippen LogP contribution is 2.40. The SMILES string of the molecule is CCOC(=O)C(NP(=O)(COc1ccc(C[C@H](NC(=O)O[C@H]2CO[C@H]3OCC[C@H]32)[C@H](O)CN(CC(C)C)S(=O)(=O)c2ccc(OC)cc2)cc1)N[C@H](C(=O)OCC)C(C)C)C(C)C. The van der Waals surface area contributed by atoms with Gasteiger partial charge in [0.05, 0.1) is 56.5 Å². The smallest absolute Gasteiger partial charge is 0.407 e. The van der Waals surface area contributed by atoms with Crippen LogP contribution in [-0.2, 0) is 54.3 Å². The zero-order chi connectivity index (χ0) is 46.5. The molecule has 4 N–H and O–H groups in total. The molecular formula is C43H67N4O14PS. The van der Waals surface area contributed by atoms with Crippen LogP contribution in [0.3, 0.4) is 0 Å². The van der Waals surface area contributed by atoms with E-state index >= 15 is 0 Å². The number of ether oxygens (including phenoxy) is 7. The molecule has 0 saturated carbocycles. The summed E-state index contributed by atoms with van der Waals surface area (Å²) in [5.74, 6) is -1.37. The second kappa shape index (κ2) is 23.9. The Kier molecular flexibility index (Phi) is 19.7. The first-order chi connectivity index (χ1) is 29.8. The number of amides is 1. The van der Waals surface area contributed by atoms with Crippen LogP contribution in [-0.4, -0.2) is 125 Å². The van der Waals surface area contributed by atoms with Gasteiger partial charge in [0.1, 0.15) is 29.7 Å². The van der Waals surface area contributed by atoms with Crippen molar-refractivity contribution in [2.45, 2.75) is 110 Å². The molecule has 0 spiro atoms. The summed E-state index contributed by atoms with van der Waals surface area (Å²) >= 11 is 0. The number of nitrogens with zero attached hydrogens (tertiary/aromatic N) is 1. The molecule has 2 fully saturated rings. The summed E-state index contributed by atoms with van der Waals surface area (Å²) in [6.45, 7) is 14.7. The number of alkyl carbamates (subject to hydrolysis) is 1. The van der Waals surface area contributed by atoms with Crippen LogP contribution in [0.15, 0.2) is 53.4 Å². The van der Waals surface area contributed by atoms with Gasteiger partial charge in [-0.15, -0.1) is 0 Å². The molecule has 0 aromatic heterocycles. The third-order valence-corrected chi connectivity index (χ3v) is 14.3. The molecule has 2 aromatic rings. The molecule has 0 bridgehead atoms. The van der Waals surface area contributed by atoms with Crippen LogP contribution in [0, 0.1) is 23.7 Å². The molecule has 2 unspecified atom stereocenters. The number of hydrogen-bond donors (Lipinski definition) is 4. The Morgan fingerprint density at radius 1 is 0.857 bits per heavy atom. The number of methoxy groups -OCH3 is 1. The first-order valence-corrected chi connectivity index (χ1v) is 24.9. The molecular weight excluding hydrogens is 860 g/mol. The molecule has 63 heavy (non-hydrogen) atoms. The lowest BCUT2D eigenvalue weighted by Gasteiger charge is -2.31. The third kappa shape index (κ3) is 14.9. The lowest BCUT2D eigenvalue weighted by molar-refractivity contribution is -0.146. The van der Waals surface area contributed by atoms with Crippen molar-refractivity contribution in [2.75, 3.05) is 53.0 Å². The number of sulfonamides is 1. The van der Waals surface area contributed by atoms with Gasteiger partial charge in [-0.3, -0.25) is 14.2 Å². The van der Waals surface area contributed by atoms with Crippen LogP contribution in [0.1, 0.15) is 67.4 Å². The van der Waals surface area contributed by atoms with Crippen LogP contribution in [0.2, 0.25) is 0 Å². The number of aliphatic hydroxyl groups excluding tert-OH is 1. The van der Waals surface area contributed by atoms with Gasteiger partial charge < -0.3 is 43.6 Å². The molecule has 20 heteroatoms. The average molecular weight is 927 g/mol. The zero-order valence-electron chi connectivity index (χ0n) is 37.8. The van der Waals surface area contributed by atoms with E-state index in [4.69, 9.17) is 33.2 Å².